The summed E-state index contributed by atoms with van der Waals surface area (Å²) in [5.41, 5.74) is 0. The molecule has 2 fully saturated rings. The van der Waals surface area contributed by atoms with Gasteiger partial charge in [0.2, 0.25) is 6.04 Å². The van der Waals surface area contributed by atoms with Crippen LogP contribution in [0.15, 0.2) is 0 Å². The zero-order chi connectivity index (χ0) is 14.8. The van der Waals surface area contributed by atoms with Crippen molar-refractivity contribution in [2.75, 3.05) is 7.05 Å². The predicted octanol–water partition coefficient (Wildman–Crippen LogP) is 1.52. The molecule has 2 aliphatic carbocycles. The van der Waals surface area contributed by atoms with Crippen LogP contribution < -0.4 is 5.32 Å². The standard InChI is InChI=1S/C13H24N2O4S/c1-14-10-6-2-4-8-12(10)20(18,19)13-9-5-3-7-11(13)15(16)17/h10-14H,2-9H2,1H3. The normalized spacial score (nSPS) is 35.6. The average Bonchev–Trinajstić information content (AvgIpc) is 2.47. The number of nitrogens with one attached hydrogen (secondary N) is 1. The Labute approximate surface area is 120 Å². The highest BCUT2D eigenvalue weighted by Crippen LogP contribution is 2.33. The number of hydrogen-bond acceptors (Lipinski definition) is 5. The Kier molecular flexibility index (Phi) is 5.01. The monoisotopic (exact) mass is 304 g/mol. The molecule has 2 saturated carbocycles. The molecule has 2 aliphatic rings. The fraction of sp³-hybridized carbons (Fsp3) is 1.00. The van der Waals surface area contributed by atoms with Crippen LogP contribution in [0.2, 0.25) is 0 Å². The van der Waals surface area contributed by atoms with Crippen LogP contribution in [0.1, 0.15) is 51.4 Å². The lowest BCUT2D eigenvalue weighted by molar-refractivity contribution is -0.524. The van der Waals surface area contributed by atoms with Crippen molar-refractivity contribution in [1.82, 2.24) is 5.32 Å². The quantitative estimate of drug-likeness (QED) is 0.628. The molecule has 0 radical (unpaired) electrons. The average molecular weight is 304 g/mol. The van der Waals surface area contributed by atoms with Gasteiger partial charge in [0.15, 0.2) is 9.84 Å². The van der Waals surface area contributed by atoms with Crippen LogP contribution in [0.25, 0.3) is 0 Å². The van der Waals surface area contributed by atoms with Gasteiger partial charge >= 0.3 is 0 Å². The Morgan fingerprint density at radius 2 is 1.55 bits per heavy atom. The second kappa shape index (κ2) is 6.39. The van der Waals surface area contributed by atoms with Crippen molar-refractivity contribution < 1.29 is 13.3 Å². The highest BCUT2D eigenvalue weighted by molar-refractivity contribution is 7.92. The van der Waals surface area contributed by atoms with Gasteiger partial charge in [-0.25, -0.2) is 8.42 Å². The van der Waals surface area contributed by atoms with E-state index >= 15 is 0 Å². The molecule has 0 heterocycles. The Hall–Kier alpha value is -0.690. The summed E-state index contributed by atoms with van der Waals surface area (Å²) in [6.07, 6.45) is 5.79. The fourth-order valence-corrected chi connectivity index (χ4v) is 6.59. The van der Waals surface area contributed by atoms with E-state index in [1.54, 1.807) is 7.05 Å². The molecule has 0 aliphatic heterocycles. The van der Waals surface area contributed by atoms with Gasteiger partial charge in [-0.2, -0.15) is 0 Å². The summed E-state index contributed by atoms with van der Waals surface area (Å²) < 4.78 is 25.8. The van der Waals surface area contributed by atoms with E-state index in [4.69, 9.17) is 0 Å². The van der Waals surface area contributed by atoms with E-state index in [9.17, 15) is 18.5 Å². The first-order chi connectivity index (χ1) is 9.48. The third kappa shape index (κ3) is 2.98. The molecule has 1 N–H and O–H groups in total. The Morgan fingerprint density at radius 3 is 2.15 bits per heavy atom. The summed E-state index contributed by atoms with van der Waals surface area (Å²) in [6, 6.07) is -0.962. The van der Waals surface area contributed by atoms with Gasteiger partial charge in [0.05, 0.1) is 5.25 Å². The summed E-state index contributed by atoms with van der Waals surface area (Å²) in [5.74, 6) is 0. The van der Waals surface area contributed by atoms with Crippen LogP contribution in [-0.2, 0) is 9.84 Å². The minimum Gasteiger partial charge on any atom is -0.316 e. The zero-order valence-corrected chi connectivity index (χ0v) is 12.8. The van der Waals surface area contributed by atoms with E-state index in [2.05, 4.69) is 5.32 Å². The van der Waals surface area contributed by atoms with Gasteiger partial charge in [-0.3, -0.25) is 10.1 Å². The molecule has 0 aromatic heterocycles. The van der Waals surface area contributed by atoms with Crippen molar-refractivity contribution in [2.45, 2.75) is 74.0 Å². The summed E-state index contributed by atoms with van der Waals surface area (Å²) in [5, 5.41) is 13.0. The van der Waals surface area contributed by atoms with Crippen molar-refractivity contribution in [2.24, 2.45) is 0 Å². The minimum absolute atomic E-state index is 0.0527. The Morgan fingerprint density at radius 1 is 1.00 bits per heavy atom. The van der Waals surface area contributed by atoms with E-state index in [1.807, 2.05) is 0 Å². The van der Waals surface area contributed by atoms with Crippen LogP contribution in [0.5, 0.6) is 0 Å². The van der Waals surface area contributed by atoms with E-state index in [0.717, 1.165) is 32.1 Å². The van der Waals surface area contributed by atoms with Crippen molar-refractivity contribution in [3.05, 3.63) is 10.1 Å². The van der Waals surface area contributed by atoms with Crippen molar-refractivity contribution in [3.63, 3.8) is 0 Å². The summed E-state index contributed by atoms with van der Waals surface area (Å²) >= 11 is 0. The van der Waals surface area contributed by atoms with Gasteiger partial charge < -0.3 is 5.32 Å². The summed E-state index contributed by atoms with van der Waals surface area (Å²) in [7, 11) is -1.66. The third-order valence-electron chi connectivity index (χ3n) is 4.86. The number of rotatable bonds is 4. The molecule has 0 aromatic carbocycles. The predicted molar refractivity (Wildman–Crippen MR) is 77.1 cm³/mol. The van der Waals surface area contributed by atoms with Gasteiger partial charge in [-0.15, -0.1) is 0 Å². The highest BCUT2D eigenvalue weighted by atomic mass is 32.2. The van der Waals surface area contributed by atoms with Crippen LogP contribution in [0.3, 0.4) is 0 Å². The Balaban J connectivity index is 2.24. The maximum atomic E-state index is 12.9. The smallest absolute Gasteiger partial charge is 0.229 e. The van der Waals surface area contributed by atoms with Crippen molar-refractivity contribution >= 4 is 9.84 Å². The Bertz CT molecular complexity index is 451. The highest BCUT2D eigenvalue weighted by Gasteiger charge is 2.48. The summed E-state index contributed by atoms with van der Waals surface area (Å²) in [4.78, 5) is 10.8. The molecule has 0 saturated heterocycles. The van der Waals surface area contributed by atoms with Crippen LogP contribution in [0, 0.1) is 10.1 Å². The lowest BCUT2D eigenvalue weighted by Gasteiger charge is -2.35. The SMILES string of the molecule is CNC1CCCCC1S(=O)(=O)C1CCCCC1[N+](=O)[O-]. The van der Waals surface area contributed by atoms with Gasteiger partial charge in [0, 0.05) is 17.4 Å². The number of nitro groups is 1. The van der Waals surface area contributed by atoms with Crippen LogP contribution in [0.4, 0.5) is 0 Å². The van der Waals surface area contributed by atoms with Crippen molar-refractivity contribution in [3.8, 4) is 0 Å². The maximum absolute atomic E-state index is 12.9. The van der Waals surface area contributed by atoms with Crippen molar-refractivity contribution in [1.29, 1.82) is 0 Å². The third-order valence-corrected chi connectivity index (χ3v) is 7.66. The first-order valence-electron chi connectivity index (χ1n) is 7.52. The van der Waals surface area contributed by atoms with Gasteiger partial charge in [-0.05, 0) is 32.7 Å². The molecular formula is C13H24N2O4S. The molecule has 116 valence electrons. The molecule has 0 amide bonds. The molecule has 6 nitrogen and oxygen atoms in total. The van der Waals surface area contributed by atoms with Gasteiger partial charge in [-0.1, -0.05) is 19.3 Å². The summed E-state index contributed by atoms with van der Waals surface area (Å²) in [6.45, 7) is 0. The van der Waals surface area contributed by atoms with E-state index < -0.39 is 26.4 Å². The molecule has 0 bridgehead atoms. The molecule has 0 spiro atoms. The topological polar surface area (TPSA) is 89.3 Å². The first kappa shape index (κ1) is 15.7. The molecule has 7 heteroatoms. The van der Waals surface area contributed by atoms with E-state index in [0.29, 0.717) is 19.3 Å². The molecule has 20 heavy (non-hydrogen) atoms. The van der Waals surface area contributed by atoms with Crippen LogP contribution >= 0.6 is 0 Å². The molecule has 4 atom stereocenters. The second-order valence-corrected chi connectivity index (χ2v) is 8.37. The minimum atomic E-state index is -3.44. The van der Waals surface area contributed by atoms with Gasteiger partial charge in [0.1, 0.15) is 5.25 Å². The largest absolute Gasteiger partial charge is 0.316 e. The lowest BCUT2D eigenvalue weighted by atomic mass is 9.94. The van der Waals surface area contributed by atoms with Gasteiger partial charge in [0.25, 0.3) is 0 Å². The lowest BCUT2D eigenvalue weighted by Crippen LogP contribution is -2.52. The number of hydrogen-bond donors (Lipinski definition) is 1. The second-order valence-electron chi connectivity index (χ2n) is 5.98. The number of nitrogens with zero attached hydrogens (tertiary/aromatic N) is 1. The molecule has 4 unspecified atom stereocenters. The number of sulfone groups is 1. The first-order valence-corrected chi connectivity index (χ1v) is 9.13. The van der Waals surface area contributed by atoms with E-state index in [1.165, 1.54) is 0 Å². The fourth-order valence-electron chi connectivity index (χ4n) is 3.75. The van der Waals surface area contributed by atoms with E-state index in [-0.39, 0.29) is 11.0 Å². The maximum Gasteiger partial charge on any atom is 0.229 e. The molecule has 2 rings (SSSR count). The molecule has 0 aromatic rings. The zero-order valence-electron chi connectivity index (χ0n) is 12.0. The molecular weight excluding hydrogens is 280 g/mol. The van der Waals surface area contributed by atoms with Crippen LogP contribution in [-0.4, -0.2) is 43.0 Å².